The molecule has 0 fully saturated rings. The minimum absolute atomic E-state index is 0.205. The van der Waals surface area contributed by atoms with E-state index in [1.165, 1.54) is 7.11 Å². The van der Waals surface area contributed by atoms with Crippen LogP contribution in [0, 0.1) is 0 Å². The third-order valence-corrected chi connectivity index (χ3v) is 5.89. The summed E-state index contributed by atoms with van der Waals surface area (Å²) in [4.78, 5) is 12.1. The molecule has 0 spiro atoms. The molecule has 1 aromatic rings. The first kappa shape index (κ1) is 18.7. The third kappa shape index (κ3) is 5.77. The average molecular weight is 350 g/mol. The highest BCUT2D eigenvalue weighted by atomic mass is 32.2. The van der Waals surface area contributed by atoms with Gasteiger partial charge in [-0.15, -0.1) is 10.2 Å². The number of hydrogen-bond acceptors (Lipinski definition) is 8. The predicted molar refractivity (Wildman–Crippen MR) is 90.3 cm³/mol. The van der Waals surface area contributed by atoms with Crippen molar-refractivity contribution in [2.45, 2.75) is 59.6 Å². The van der Waals surface area contributed by atoms with Crippen molar-refractivity contribution in [3.8, 4) is 0 Å². The van der Waals surface area contributed by atoms with E-state index in [2.05, 4.69) is 22.4 Å². The van der Waals surface area contributed by atoms with Gasteiger partial charge in [0.2, 0.25) is 0 Å². The molecular formula is C13H23N3O2S3. The van der Waals surface area contributed by atoms with E-state index in [1.54, 1.807) is 34.9 Å². The van der Waals surface area contributed by atoms with E-state index in [0.717, 1.165) is 8.68 Å². The summed E-state index contributed by atoms with van der Waals surface area (Å²) in [7, 11) is 1.43. The smallest absolute Gasteiger partial charge is 0.325 e. The number of rotatable bonds is 8. The van der Waals surface area contributed by atoms with Crippen LogP contribution in [0.3, 0.4) is 0 Å². The number of nitrogens with zero attached hydrogens (tertiary/aromatic N) is 2. The molecule has 8 heteroatoms. The van der Waals surface area contributed by atoms with Crippen molar-refractivity contribution < 1.29 is 9.53 Å². The second-order valence-corrected chi connectivity index (χ2v) is 9.01. The van der Waals surface area contributed by atoms with E-state index in [9.17, 15) is 4.79 Å². The standard InChI is InChI=1S/C13H23N3O2S3/c1-8(2)14-13(4,10(17)18-5)7-9(3)20-12-16-15-11(19-6)21-12/h8-9,14H,7H2,1-6H3. The summed E-state index contributed by atoms with van der Waals surface area (Å²) >= 11 is 4.82. The summed E-state index contributed by atoms with van der Waals surface area (Å²) < 4.78 is 6.84. The summed E-state index contributed by atoms with van der Waals surface area (Å²) in [6.45, 7) is 8.03. The molecule has 21 heavy (non-hydrogen) atoms. The van der Waals surface area contributed by atoms with Gasteiger partial charge in [-0.2, -0.15) is 0 Å². The molecule has 2 unspecified atom stereocenters. The van der Waals surface area contributed by atoms with Gasteiger partial charge in [0, 0.05) is 11.3 Å². The van der Waals surface area contributed by atoms with Crippen LogP contribution in [0.5, 0.6) is 0 Å². The van der Waals surface area contributed by atoms with Crippen LogP contribution in [-0.4, -0.2) is 46.4 Å². The summed E-state index contributed by atoms with van der Waals surface area (Å²) in [5.41, 5.74) is -0.692. The maximum atomic E-state index is 12.1. The number of hydrogen-bond donors (Lipinski definition) is 1. The van der Waals surface area contributed by atoms with Crippen molar-refractivity contribution in [2.75, 3.05) is 13.4 Å². The molecule has 1 aromatic heterocycles. The van der Waals surface area contributed by atoms with Gasteiger partial charge in [0.25, 0.3) is 0 Å². The lowest BCUT2D eigenvalue weighted by Crippen LogP contribution is -2.54. The van der Waals surface area contributed by atoms with E-state index in [1.807, 2.05) is 27.0 Å². The van der Waals surface area contributed by atoms with Gasteiger partial charge in [0.1, 0.15) is 5.54 Å². The van der Waals surface area contributed by atoms with Crippen LogP contribution < -0.4 is 5.32 Å². The molecule has 120 valence electrons. The lowest BCUT2D eigenvalue weighted by Gasteiger charge is -2.32. The first-order valence-electron chi connectivity index (χ1n) is 6.71. The van der Waals surface area contributed by atoms with E-state index >= 15 is 0 Å². The molecule has 2 atom stereocenters. The van der Waals surface area contributed by atoms with Gasteiger partial charge in [-0.1, -0.05) is 41.8 Å². The second-order valence-electron chi connectivity index (χ2n) is 5.29. The summed E-state index contributed by atoms with van der Waals surface area (Å²) in [6, 6.07) is 0.205. The maximum Gasteiger partial charge on any atom is 0.325 e. The second kappa shape index (κ2) is 8.36. The largest absolute Gasteiger partial charge is 0.468 e. The Bertz CT molecular complexity index is 467. The molecule has 0 aromatic carbocycles. The quantitative estimate of drug-likeness (QED) is 0.571. The van der Waals surface area contributed by atoms with Crippen LogP contribution in [0.25, 0.3) is 0 Å². The van der Waals surface area contributed by atoms with Gasteiger partial charge in [-0.05, 0) is 33.4 Å². The molecule has 0 aliphatic rings. The number of esters is 1. The fourth-order valence-electron chi connectivity index (χ4n) is 2.18. The van der Waals surface area contributed by atoms with E-state index in [0.29, 0.717) is 6.42 Å². The molecule has 1 heterocycles. The molecular weight excluding hydrogens is 326 g/mol. The first-order valence-corrected chi connectivity index (χ1v) is 9.63. The van der Waals surface area contributed by atoms with Crippen LogP contribution in [0.2, 0.25) is 0 Å². The number of ether oxygens (including phenoxy) is 1. The van der Waals surface area contributed by atoms with Crippen molar-refractivity contribution in [2.24, 2.45) is 0 Å². The van der Waals surface area contributed by atoms with Gasteiger partial charge in [0.05, 0.1) is 7.11 Å². The Morgan fingerprint density at radius 3 is 2.48 bits per heavy atom. The van der Waals surface area contributed by atoms with Crippen LogP contribution in [0.15, 0.2) is 8.68 Å². The zero-order valence-corrected chi connectivity index (χ0v) is 15.7. The molecule has 0 saturated carbocycles. The molecule has 5 nitrogen and oxygen atoms in total. The van der Waals surface area contributed by atoms with Crippen molar-refractivity contribution >= 4 is 40.8 Å². The molecule has 1 rings (SSSR count). The lowest BCUT2D eigenvalue weighted by molar-refractivity contribution is -0.148. The molecule has 1 N–H and O–H groups in total. The van der Waals surface area contributed by atoms with E-state index in [-0.39, 0.29) is 17.3 Å². The Labute approximate surface area is 139 Å². The average Bonchev–Trinajstić information content (AvgIpc) is 2.83. The number of aromatic nitrogens is 2. The minimum atomic E-state index is -0.692. The topological polar surface area (TPSA) is 64.1 Å². The zero-order valence-electron chi connectivity index (χ0n) is 13.3. The van der Waals surface area contributed by atoms with Crippen LogP contribution in [-0.2, 0) is 9.53 Å². The van der Waals surface area contributed by atoms with Crippen molar-refractivity contribution in [3.63, 3.8) is 0 Å². The molecule has 0 aliphatic heterocycles. The van der Waals surface area contributed by atoms with Crippen LogP contribution in [0.1, 0.15) is 34.1 Å². The number of carbonyl (C=O) groups excluding carboxylic acids is 1. The Kier molecular flexibility index (Phi) is 7.46. The summed E-state index contributed by atoms with van der Waals surface area (Å²) in [5.74, 6) is -0.231. The van der Waals surface area contributed by atoms with Crippen molar-refractivity contribution in [1.29, 1.82) is 0 Å². The molecule has 0 saturated heterocycles. The number of methoxy groups -OCH3 is 1. The van der Waals surface area contributed by atoms with Crippen molar-refractivity contribution in [1.82, 2.24) is 15.5 Å². The summed E-state index contributed by atoms with van der Waals surface area (Å²) in [5, 5.41) is 11.8. The SMILES string of the molecule is COC(=O)C(C)(CC(C)Sc1nnc(SC)s1)NC(C)C. The van der Waals surface area contributed by atoms with E-state index in [4.69, 9.17) is 4.74 Å². The van der Waals surface area contributed by atoms with Gasteiger partial charge < -0.3 is 4.74 Å². The Morgan fingerprint density at radius 1 is 1.38 bits per heavy atom. The van der Waals surface area contributed by atoms with Gasteiger partial charge in [-0.3, -0.25) is 10.1 Å². The number of nitrogens with one attached hydrogen (secondary N) is 1. The normalized spacial score (nSPS) is 15.8. The summed E-state index contributed by atoms with van der Waals surface area (Å²) in [6.07, 6.45) is 2.65. The highest BCUT2D eigenvalue weighted by Crippen LogP contribution is 2.33. The maximum absolute atomic E-state index is 12.1. The van der Waals surface area contributed by atoms with Gasteiger partial charge >= 0.3 is 5.97 Å². The monoisotopic (exact) mass is 349 g/mol. The highest BCUT2D eigenvalue weighted by molar-refractivity contribution is 8.03. The third-order valence-electron chi connectivity index (χ3n) is 2.80. The van der Waals surface area contributed by atoms with Crippen LogP contribution in [0.4, 0.5) is 0 Å². The van der Waals surface area contributed by atoms with E-state index < -0.39 is 5.54 Å². The Hall–Kier alpha value is -0.310. The highest BCUT2D eigenvalue weighted by Gasteiger charge is 2.36. The first-order chi connectivity index (χ1) is 9.80. The lowest BCUT2D eigenvalue weighted by atomic mass is 9.95. The zero-order chi connectivity index (χ0) is 16.0. The van der Waals surface area contributed by atoms with Crippen molar-refractivity contribution in [3.05, 3.63) is 0 Å². The molecule has 0 radical (unpaired) electrons. The molecule has 0 aliphatic carbocycles. The Balaban J connectivity index is 2.71. The molecule has 0 amide bonds. The number of carbonyl (C=O) groups is 1. The minimum Gasteiger partial charge on any atom is -0.468 e. The fraction of sp³-hybridized carbons (Fsp3) is 0.769. The fourth-order valence-corrected chi connectivity index (χ4v) is 5.11. The number of thioether (sulfide) groups is 2. The predicted octanol–water partition coefficient (Wildman–Crippen LogP) is 3.06. The van der Waals surface area contributed by atoms with Gasteiger partial charge in [-0.25, -0.2) is 0 Å². The molecule has 0 bridgehead atoms. The van der Waals surface area contributed by atoms with Gasteiger partial charge in [0.15, 0.2) is 8.68 Å². The Morgan fingerprint density at radius 2 is 2.00 bits per heavy atom. The van der Waals surface area contributed by atoms with Crippen LogP contribution >= 0.6 is 34.9 Å².